The average Bonchev–Trinajstić information content (AvgIpc) is 2.67. The molecule has 1 unspecified atom stereocenters. The molecule has 1 aromatic rings. The van der Waals surface area contributed by atoms with Crippen molar-refractivity contribution in [2.24, 2.45) is 5.73 Å². The van der Waals surface area contributed by atoms with Gasteiger partial charge in [0.25, 0.3) is 0 Å². The summed E-state index contributed by atoms with van der Waals surface area (Å²) in [6.07, 6.45) is 1.48. The maximum absolute atomic E-state index is 10.9. The molecule has 158 valence electrons. The number of aryl methyl sites for hydroxylation is 2. The summed E-state index contributed by atoms with van der Waals surface area (Å²) in [7, 11) is 0. The number of esters is 2. The molecule has 1 aromatic carbocycles. The van der Waals surface area contributed by atoms with Crippen LogP contribution >= 0.6 is 0 Å². The third-order valence-corrected chi connectivity index (χ3v) is 3.90. The lowest BCUT2D eigenvalue weighted by molar-refractivity contribution is -0.161. The van der Waals surface area contributed by atoms with Crippen LogP contribution in [0.1, 0.15) is 45.2 Å². The van der Waals surface area contributed by atoms with Crippen molar-refractivity contribution in [3.05, 3.63) is 29.3 Å². The standard InChI is InChI=1S/C12H17NO2.C8H15NO4/c1-4-10-7-5-6-8(2)11(10)13-9(3)12(14)15;1-3-6(2)13-8(11)5-12-7(10)4-9/h5-7,9,13H,4H2,1-3H3,(H,14,15);6H,3-5,9H2,1-2H3/t9-;/m0./s1. The maximum Gasteiger partial charge on any atom is 0.344 e. The minimum atomic E-state index is -0.833. The molecule has 0 saturated carbocycles. The van der Waals surface area contributed by atoms with Gasteiger partial charge in [-0.3, -0.25) is 9.59 Å². The number of nitrogens with two attached hydrogens (primary N) is 1. The highest BCUT2D eigenvalue weighted by Crippen LogP contribution is 2.21. The van der Waals surface area contributed by atoms with Gasteiger partial charge in [-0.25, -0.2) is 4.79 Å². The number of aliphatic carboxylic acids is 1. The Morgan fingerprint density at radius 3 is 2.32 bits per heavy atom. The predicted molar refractivity (Wildman–Crippen MR) is 107 cm³/mol. The molecule has 0 aromatic heterocycles. The number of anilines is 1. The van der Waals surface area contributed by atoms with E-state index in [9.17, 15) is 14.4 Å². The highest BCUT2D eigenvalue weighted by Gasteiger charge is 2.13. The number of carboxylic acids is 1. The highest BCUT2D eigenvalue weighted by molar-refractivity contribution is 5.78. The number of hydrogen-bond donors (Lipinski definition) is 3. The van der Waals surface area contributed by atoms with Crippen molar-refractivity contribution >= 4 is 23.6 Å². The first-order valence-corrected chi connectivity index (χ1v) is 9.29. The molecule has 1 rings (SSSR count). The molecular formula is C20H32N2O6. The van der Waals surface area contributed by atoms with Crippen LogP contribution in [-0.2, 0) is 30.3 Å². The average molecular weight is 396 g/mol. The van der Waals surface area contributed by atoms with Gasteiger partial charge in [-0.2, -0.15) is 0 Å². The molecule has 0 spiro atoms. The molecule has 0 aliphatic rings. The van der Waals surface area contributed by atoms with E-state index in [4.69, 9.17) is 15.6 Å². The van der Waals surface area contributed by atoms with Gasteiger partial charge in [0.2, 0.25) is 0 Å². The van der Waals surface area contributed by atoms with E-state index in [-0.39, 0.29) is 19.3 Å². The van der Waals surface area contributed by atoms with E-state index in [2.05, 4.69) is 17.0 Å². The molecule has 8 nitrogen and oxygen atoms in total. The van der Waals surface area contributed by atoms with E-state index in [1.54, 1.807) is 13.8 Å². The van der Waals surface area contributed by atoms with Crippen LogP contribution in [-0.4, -0.2) is 48.3 Å². The largest absolute Gasteiger partial charge is 0.480 e. The quantitative estimate of drug-likeness (QED) is 0.542. The SMILES string of the molecule is CCC(C)OC(=O)COC(=O)CN.CCc1cccc(C)c1N[C@@H](C)C(=O)O. The second-order valence-electron chi connectivity index (χ2n) is 6.24. The van der Waals surface area contributed by atoms with Gasteiger partial charge < -0.3 is 25.6 Å². The van der Waals surface area contributed by atoms with Crippen molar-refractivity contribution in [2.75, 3.05) is 18.5 Å². The number of rotatable bonds is 9. The van der Waals surface area contributed by atoms with Crippen LogP contribution < -0.4 is 11.1 Å². The lowest BCUT2D eigenvalue weighted by Gasteiger charge is -2.16. The number of para-hydroxylation sites is 1. The van der Waals surface area contributed by atoms with Crippen LogP contribution in [0.3, 0.4) is 0 Å². The maximum atomic E-state index is 10.9. The van der Waals surface area contributed by atoms with E-state index < -0.39 is 23.9 Å². The fourth-order valence-corrected chi connectivity index (χ4v) is 2.05. The van der Waals surface area contributed by atoms with E-state index >= 15 is 0 Å². The second-order valence-corrected chi connectivity index (χ2v) is 6.24. The molecule has 4 N–H and O–H groups in total. The number of hydrogen-bond acceptors (Lipinski definition) is 7. The third-order valence-electron chi connectivity index (χ3n) is 3.90. The first-order chi connectivity index (χ1) is 13.2. The zero-order chi connectivity index (χ0) is 21.7. The van der Waals surface area contributed by atoms with Crippen molar-refractivity contribution in [3.63, 3.8) is 0 Å². The highest BCUT2D eigenvalue weighted by atomic mass is 16.6. The lowest BCUT2D eigenvalue weighted by Crippen LogP contribution is -2.26. The number of carbonyl (C=O) groups excluding carboxylic acids is 2. The number of ether oxygens (including phenoxy) is 2. The van der Waals surface area contributed by atoms with E-state index in [0.29, 0.717) is 0 Å². The van der Waals surface area contributed by atoms with Gasteiger partial charge in [0.1, 0.15) is 6.04 Å². The number of nitrogens with one attached hydrogen (secondary N) is 1. The summed E-state index contributed by atoms with van der Waals surface area (Å²) < 4.78 is 9.30. The van der Waals surface area contributed by atoms with Gasteiger partial charge in [0.15, 0.2) is 6.61 Å². The summed E-state index contributed by atoms with van der Waals surface area (Å²) in [6.45, 7) is 8.76. The normalized spacial score (nSPS) is 12.1. The Morgan fingerprint density at radius 2 is 1.82 bits per heavy atom. The molecular weight excluding hydrogens is 364 g/mol. The molecule has 0 aliphatic carbocycles. The van der Waals surface area contributed by atoms with Gasteiger partial charge in [0, 0.05) is 5.69 Å². The minimum Gasteiger partial charge on any atom is -0.480 e. The Balaban J connectivity index is 0.000000528. The first kappa shape index (κ1) is 25.4. The third kappa shape index (κ3) is 9.91. The van der Waals surface area contributed by atoms with E-state index in [1.807, 2.05) is 32.0 Å². The Bertz CT molecular complexity index is 648. The zero-order valence-corrected chi connectivity index (χ0v) is 17.3. The van der Waals surface area contributed by atoms with Crippen LogP contribution in [0.5, 0.6) is 0 Å². The number of carbonyl (C=O) groups is 3. The van der Waals surface area contributed by atoms with Crippen molar-refractivity contribution in [2.45, 2.75) is 59.6 Å². The summed E-state index contributed by atoms with van der Waals surface area (Å²) >= 11 is 0. The molecule has 0 amide bonds. The van der Waals surface area contributed by atoms with Crippen molar-refractivity contribution in [1.82, 2.24) is 0 Å². The van der Waals surface area contributed by atoms with E-state index in [1.165, 1.54) is 0 Å². The predicted octanol–water partition coefficient (Wildman–Crippen LogP) is 2.27. The monoisotopic (exact) mass is 396 g/mol. The molecule has 0 bridgehead atoms. The Labute approximate surface area is 166 Å². The lowest BCUT2D eigenvalue weighted by atomic mass is 10.1. The summed E-state index contributed by atoms with van der Waals surface area (Å²) in [5, 5.41) is 11.9. The summed E-state index contributed by atoms with van der Waals surface area (Å²) in [5.41, 5.74) is 8.15. The number of carboxylic acid groups (broad SMARTS) is 1. The van der Waals surface area contributed by atoms with E-state index in [0.717, 1.165) is 29.7 Å². The molecule has 0 radical (unpaired) electrons. The van der Waals surface area contributed by atoms with Crippen molar-refractivity contribution in [3.8, 4) is 0 Å². The topological polar surface area (TPSA) is 128 Å². The smallest absolute Gasteiger partial charge is 0.344 e. The zero-order valence-electron chi connectivity index (χ0n) is 17.3. The summed E-state index contributed by atoms with van der Waals surface area (Å²) in [4.78, 5) is 32.2. The first-order valence-electron chi connectivity index (χ1n) is 9.29. The molecule has 8 heteroatoms. The van der Waals surface area contributed by atoms with Gasteiger partial charge in [-0.05, 0) is 44.7 Å². The Morgan fingerprint density at radius 1 is 1.18 bits per heavy atom. The Hall–Kier alpha value is -2.61. The summed E-state index contributed by atoms with van der Waals surface area (Å²) in [5.74, 6) is -1.99. The second kappa shape index (κ2) is 13.5. The summed E-state index contributed by atoms with van der Waals surface area (Å²) in [6, 6.07) is 5.43. The molecule has 0 heterocycles. The van der Waals surface area contributed by atoms with Crippen LogP contribution in [0, 0.1) is 6.92 Å². The fraction of sp³-hybridized carbons (Fsp3) is 0.550. The van der Waals surface area contributed by atoms with Gasteiger partial charge in [-0.1, -0.05) is 32.0 Å². The van der Waals surface area contributed by atoms with Gasteiger partial charge in [-0.15, -0.1) is 0 Å². The molecule has 28 heavy (non-hydrogen) atoms. The van der Waals surface area contributed by atoms with Crippen molar-refractivity contribution < 1.29 is 29.0 Å². The van der Waals surface area contributed by atoms with Gasteiger partial charge >= 0.3 is 17.9 Å². The van der Waals surface area contributed by atoms with Crippen molar-refractivity contribution in [1.29, 1.82) is 0 Å². The minimum absolute atomic E-state index is 0.149. The van der Waals surface area contributed by atoms with Crippen LogP contribution in [0.2, 0.25) is 0 Å². The molecule has 0 fully saturated rings. The fourth-order valence-electron chi connectivity index (χ4n) is 2.05. The van der Waals surface area contributed by atoms with Crippen LogP contribution in [0.25, 0.3) is 0 Å². The van der Waals surface area contributed by atoms with Crippen LogP contribution in [0.4, 0.5) is 5.69 Å². The van der Waals surface area contributed by atoms with Gasteiger partial charge in [0.05, 0.1) is 12.6 Å². The molecule has 0 saturated heterocycles. The number of benzene rings is 1. The molecule has 0 aliphatic heterocycles. The van der Waals surface area contributed by atoms with Crippen LogP contribution in [0.15, 0.2) is 18.2 Å². The Kier molecular flexibility index (Phi) is 12.3. The molecule has 2 atom stereocenters.